The van der Waals surface area contributed by atoms with Gasteiger partial charge in [0.25, 0.3) is 0 Å². The van der Waals surface area contributed by atoms with Gasteiger partial charge < -0.3 is 25.5 Å². The van der Waals surface area contributed by atoms with Gasteiger partial charge in [0.2, 0.25) is 0 Å². The predicted octanol–water partition coefficient (Wildman–Crippen LogP) is -3.76. The third kappa shape index (κ3) is 10.8. The molecule has 0 aromatic rings. The van der Waals surface area contributed by atoms with Gasteiger partial charge in [-0.25, -0.2) is 0 Å². The van der Waals surface area contributed by atoms with Crippen molar-refractivity contribution in [1.82, 2.24) is 0 Å². The number of hydrogen-bond donors (Lipinski definition) is 1. The zero-order valence-corrected chi connectivity index (χ0v) is 10.9. The number of aliphatic carboxylic acids is 2. The van der Waals surface area contributed by atoms with Crippen molar-refractivity contribution >= 4 is 73.2 Å². The first kappa shape index (κ1) is 17.7. The first-order valence-electron chi connectivity index (χ1n) is 2.20. The summed E-state index contributed by atoms with van der Waals surface area (Å²) in [6.45, 7) is 0. The Morgan fingerprint density at radius 1 is 1.36 bits per heavy atom. The van der Waals surface area contributed by atoms with Crippen LogP contribution in [0.2, 0.25) is 0 Å². The van der Waals surface area contributed by atoms with E-state index in [-0.39, 0.29) is 61.3 Å². The van der Waals surface area contributed by atoms with Crippen molar-refractivity contribution in [3.8, 4) is 0 Å². The van der Waals surface area contributed by atoms with E-state index in [1.165, 1.54) is 0 Å². The molecule has 0 aliphatic rings. The predicted molar refractivity (Wildman–Crippen MR) is 35.6 cm³/mol. The molecule has 0 saturated heterocycles. The molecule has 5 nitrogen and oxygen atoms in total. The van der Waals surface area contributed by atoms with E-state index < -0.39 is 24.4 Å². The molecule has 0 aliphatic heterocycles. The van der Waals surface area contributed by atoms with Crippen molar-refractivity contribution in [1.29, 1.82) is 0 Å². The Bertz CT molecular complexity index is 142. The second-order valence-corrected chi connectivity index (χ2v) is 1.50. The van der Waals surface area contributed by atoms with E-state index in [0.717, 1.165) is 0 Å². The van der Waals surface area contributed by atoms with Crippen LogP contribution in [0.15, 0.2) is 0 Å². The molecule has 0 fully saturated rings. The molecule has 0 aliphatic carbocycles. The summed E-state index contributed by atoms with van der Waals surface area (Å²) in [5.41, 5.74) is 4.73. The summed E-state index contributed by atoms with van der Waals surface area (Å²) < 4.78 is 0. The Hall–Kier alpha value is 0.761. The summed E-state index contributed by atoms with van der Waals surface area (Å²) >= 11 is 0. The molecule has 7 heteroatoms. The summed E-state index contributed by atoms with van der Waals surface area (Å²) in [5.74, 6) is -3.08. The van der Waals surface area contributed by atoms with Crippen molar-refractivity contribution in [3.63, 3.8) is 0 Å². The van der Waals surface area contributed by atoms with Gasteiger partial charge >= 0.3 is 48.9 Å². The second-order valence-electron chi connectivity index (χ2n) is 1.50. The Balaban J connectivity index is -0.000000320. The van der Waals surface area contributed by atoms with Crippen molar-refractivity contribution in [3.05, 3.63) is 0 Å². The van der Waals surface area contributed by atoms with Crippen molar-refractivity contribution < 1.29 is 19.8 Å². The topological polar surface area (TPSA) is 106 Å². The van der Waals surface area contributed by atoms with E-state index in [1.807, 2.05) is 0 Å². The van der Waals surface area contributed by atoms with Gasteiger partial charge in [-0.2, -0.15) is 0 Å². The Kier molecular flexibility index (Phi) is 14.3. The molecule has 0 saturated carbocycles. The van der Waals surface area contributed by atoms with Crippen LogP contribution in [0.3, 0.4) is 0 Å². The minimum absolute atomic E-state index is 0. The third-order valence-electron chi connectivity index (χ3n) is 0.689. The van der Waals surface area contributed by atoms with Crippen LogP contribution in [-0.4, -0.2) is 66.9 Å². The van der Waals surface area contributed by atoms with Crippen LogP contribution in [0.4, 0.5) is 0 Å². The number of halogens is 1. The molecular weight excluding hydrogens is 299 g/mol. The van der Waals surface area contributed by atoms with Gasteiger partial charge in [-0.1, -0.05) is 0 Å². The minimum Gasteiger partial charge on any atom is -0.550 e. The number of nitrogens with two attached hydrogens (primary N) is 1. The summed E-state index contributed by atoms with van der Waals surface area (Å²) in [7, 11) is 0. The Morgan fingerprint density at radius 3 is 1.82 bits per heavy atom. The fourth-order valence-corrected chi connectivity index (χ4v) is 0.263. The van der Waals surface area contributed by atoms with Crippen LogP contribution >= 0.6 is 12.4 Å². The maximum Gasteiger partial charge on any atom is 2.00 e. The van der Waals surface area contributed by atoms with Crippen molar-refractivity contribution in [2.45, 2.75) is 12.5 Å². The van der Waals surface area contributed by atoms with Gasteiger partial charge in [0.15, 0.2) is 0 Å². The molecule has 1 atom stereocenters. The standard InChI is InChI=1S/C4H7NO4.Ba.ClH/c5-2(4(8)9)1-3(6)7;;/h2H,1,5H2,(H,6,7)(H,8,9);;1H/q;+2;/p-2/t2-;;/m0../s1. The van der Waals surface area contributed by atoms with E-state index in [0.29, 0.717) is 0 Å². The Labute approximate surface area is 110 Å². The second kappa shape index (κ2) is 8.85. The molecule has 11 heavy (non-hydrogen) atoms. The number of carbonyl (C=O) groups excluding carboxylic acids is 2. The quantitative estimate of drug-likeness (QED) is 0.539. The van der Waals surface area contributed by atoms with E-state index in [4.69, 9.17) is 5.73 Å². The van der Waals surface area contributed by atoms with Gasteiger partial charge in [0.1, 0.15) is 0 Å². The minimum atomic E-state index is -1.58. The Morgan fingerprint density at radius 2 is 1.73 bits per heavy atom. The zero-order chi connectivity index (χ0) is 7.44. The maximum atomic E-state index is 9.71. The zero-order valence-electron chi connectivity index (χ0n) is 5.61. The van der Waals surface area contributed by atoms with Crippen molar-refractivity contribution in [2.24, 2.45) is 5.73 Å². The fraction of sp³-hybridized carbons (Fsp3) is 0.500. The number of rotatable bonds is 3. The van der Waals surface area contributed by atoms with Crippen LogP contribution in [0.1, 0.15) is 6.42 Å². The molecular formula is C4H6BaClNO4. The molecule has 0 rings (SSSR count). The molecule has 0 unspecified atom stereocenters. The molecule has 0 radical (unpaired) electrons. The number of carbonyl (C=O) groups is 2. The smallest absolute Gasteiger partial charge is 0.550 e. The van der Waals surface area contributed by atoms with Gasteiger partial charge in [-0.15, -0.1) is 12.4 Å². The molecule has 0 heterocycles. The van der Waals surface area contributed by atoms with E-state index in [9.17, 15) is 19.8 Å². The van der Waals surface area contributed by atoms with E-state index in [1.54, 1.807) is 0 Å². The summed E-state index contributed by atoms with van der Waals surface area (Å²) in [5, 5.41) is 19.3. The van der Waals surface area contributed by atoms with Gasteiger partial charge in [-0.05, 0) is 0 Å². The largest absolute Gasteiger partial charge is 2.00 e. The molecule has 60 valence electrons. The van der Waals surface area contributed by atoms with Crippen molar-refractivity contribution in [2.75, 3.05) is 0 Å². The average Bonchev–Trinajstić information content (AvgIpc) is 1.63. The maximum absolute atomic E-state index is 9.71. The van der Waals surface area contributed by atoms with Gasteiger partial charge in [0, 0.05) is 18.4 Å². The molecule has 0 aromatic heterocycles. The van der Waals surface area contributed by atoms with Gasteiger partial charge in [-0.3, -0.25) is 0 Å². The normalized spacial score (nSPS) is 10.3. The fourth-order valence-electron chi connectivity index (χ4n) is 0.263. The summed E-state index contributed by atoms with van der Waals surface area (Å²) in [6, 6.07) is -1.46. The molecule has 0 spiro atoms. The summed E-state index contributed by atoms with van der Waals surface area (Å²) in [6.07, 6.45) is -0.706. The first-order chi connectivity index (χ1) is 4.04. The third-order valence-corrected chi connectivity index (χ3v) is 0.689. The van der Waals surface area contributed by atoms with E-state index >= 15 is 0 Å². The number of carboxylic acid groups (broad SMARTS) is 2. The number of hydrogen-bond acceptors (Lipinski definition) is 5. The van der Waals surface area contributed by atoms with Gasteiger partial charge in [0.05, 0.1) is 5.97 Å². The van der Waals surface area contributed by atoms with Crippen LogP contribution in [0.25, 0.3) is 0 Å². The van der Waals surface area contributed by atoms with Crippen LogP contribution in [0.5, 0.6) is 0 Å². The molecule has 2 N–H and O–H groups in total. The summed E-state index contributed by atoms with van der Waals surface area (Å²) in [4.78, 5) is 19.3. The van der Waals surface area contributed by atoms with Crippen LogP contribution < -0.4 is 15.9 Å². The average molecular weight is 305 g/mol. The first-order valence-corrected chi connectivity index (χ1v) is 2.20. The van der Waals surface area contributed by atoms with Crippen LogP contribution in [0, 0.1) is 0 Å². The van der Waals surface area contributed by atoms with Crippen LogP contribution in [-0.2, 0) is 9.59 Å². The van der Waals surface area contributed by atoms with E-state index in [2.05, 4.69) is 0 Å². The molecule has 0 amide bonds. The SMILES string of the molecule is Cl.N[C@@H](CC(=O)[O-])C(=O)[O-].[Ba+2]. The molecule has 0 aromatic carbocycles. The monoisotopic (exact) mass is 305 g/mol. The molecule has 0 bridgehead atoms. The number of carboxylic acids is 2.